The van der Waals surface area contributed by atoms with Gasteiger partial charge in [0.05, 0.1) is 12.6 Å². The average molecular weight is 243 g/mol. The third-order valence-electron chi connectivity index (χ3n) is 4.04. The molecule has 0 aromatic heterocycles. The van der Waals surface area contributed by atoms with Crippen molar-refractivity contribution in [3.05, 3.63) is 34.4 Å². The summed E-state index contributed by atoms with van der Waals surface area (Å²) in [4.78, 5) is 6.80. The summed E-state index contributed by atoms with van der Waals surface area (Å²) in [5.74, 6) is 0.738. The molecule has 0 spiro atoms. The van der Waals surface area contributed by atoms with Gasteiger partial charge in [-0.05, 0) is 50.3 Å². The Morgan fingerprint density at radius 1 is 1.17 bits per heavy atom. The van der Waals surface area contributed by atoms with Crippen molar-refractivity contribution in [3.63, 3.8) is 0 Å². The van der Waals surface area contributed by atoms with E-state index in [2.05, 4.69) is 42.8 Å². The molecule has 1 aliphatic carbocycles. The second-order valence-electron chi connectivity index (χ2n) is 5.67. The van der Waals surface area contributed by atoms with Gasteiger partial charge in [0.1, 0.15) is 0 Å². The van der Waals surface area contributed by atoms with Crippen LogP contribution < -0.4 is 5.73 Å². The Hall–Kier alpha value is -1.51. The van der Waals surface area contributed by atoms with Crippen LogP contribution in [0, 0.1) is 20.8 Å². The minimum atomic E-state index is 0.359. The van der Waals surface area contributed by atoms with Crippen LogP contribution in [-0.4, -0.2) is 23.4 Å². The molecule has 3 heteroatoms. The van der Waals surface area contributed by atoms with Crippen LogP contribution in [0.5, 0.6) is 0 Å². The van der Waals surface area contributed by atoms with Crippen LogP contribution in [-0.2, 0) is 0 Å². The normalized spacial score (nSPS) is 23.4. The largest absolute Gasteiger partial charge is 0.370 e. The predicted molar refractivity (Wildman–Crippen MR) is 74.7 cm³/mol. The molecule has 0 amide bonds. The summed E-state index contributed by atoms with van der Waals surface area (Å²) in [6.07, 6.45) is 2.52. The fraction of sp³-hybridized carbons (Fsp3) is 0.533. The Balaban J connectivity index is 2.00. The van der Waals surface area contributed by atoms with E-state index in [-0.39, 0.29) is 0 Å². The molecule has 1 unspecified atom stereocenters. The van der Waals surface area contributed by atoms with E-state index in [9.17, 15) is 0 Å². The number of guanidine groups is 1. The summed E-state index contributed by atoms with van der Waals surface area (Å²) in [6.45, 7) is 7.37. The first-order chi connectivity index (χ1) is 8.58. The third-order valence-corrected chi connectivity index (χ3v) is 4.04. The summed E-state index contributed by atoms with van der Waals surface area (Å²) in [7, 11) is 0. The van der Waals surface area contributed by atoms with Crippen LogP contribution in [0.1, 0.15) is 41.1 Å². The zero-order valence-electron chi connectivity index (χ0n) is 11.4. The summed E-state index contributed by atoms with van der Waals surface area (Å²) in [5.41, 5.74) is 11.6. The molecule has 3 rings (SSSR count). The lowest BCUT2D eigenvalue weighted by Crippen LogP contribution is -2.38. The highest BCUT2D eigenvalue weighted by molar-refractivity contribution is 5.81. The number of aryl methyl sites for hydroxylation is 3. The Bertz CT molecular complexity index is 491. The molecule has 1 aromatic rings. The molecule has 1 atom stereocenters. The quantitative estimate of drug-likeness (QED) is 0.867. The lowest BCUT2D eigenvalue weighted by Gasteiger charge is -2.29. The predicted octanol–water partition coefficient (Wildman–Crippen LogP) is 2.45. The maximum Gasteiger partial charge on any atom is 0.192 e. The van der Waals surface area contributed by atoms with E-state index in [1.807, 2.05) is 0 Å². The zero-order chi connectivity index (χ0) is 12.9. The van der Waals surface area contributed by atoms with Crippen LogP contribution in [0.15, 0.2) is 17.1 Å². The molecular formula is C15H21N3. The Morgan fingerprint density at radius 3 is 2.33 bits per heavy atom. The van der Waals surface area contributed by atoms with Crippen LogP contribution in [0.3, 0.4) is 0 Å². The van der Waals surface area contributed by atoms with Crippen molar-refractivity contribution < 1.29 is 0 Å². The summed E-state index contributed by atoms with van der Waals surface area (Å²) < 4.78 is 0. The molecular weight excluding hydrogens is 222 g/mol. The molecule has 0 radical (unpaired) electrons. The highest BCUT2D eigenvalue weighted by atomic mass is 15.4. The van der Waals surface area contributed by atoms with Gasteiger partial charge >= 0.3 is 0 Å². The van der Waals surface area contributed by atoms with Crippen LogP contribution in [0.25, 0.3) is 0 Å². The lowest BCUT2D eigenvalue weighted by molar-refractivity contribution is 0.336. The van der Waals surface area contributed by atoms with E-state index >= 15 is 0 Å². The molecule has 0 saturated heterocycles. The monoisotopic (exact) mass is 243 g/mol. The molecule has 1 aromatic carbocycles. The van der Waals surface area contributed by atoms with Gasteiger partial charge in [0, 0.05) is 6.04 Å². The van der Waals surface area contributed by atoms with Gasteiger partial charge < -0.3 is 10.6 Å². The van der Waals surface area contributed by atoms with Crippen molar-refractivity contribution in [1.82, 2.24) is 4.90 Å². The standard InChI is InChI=1S/C15H21N3/c1-9-6-10(2)14(11(3)7-9)13-8-17-15(16)18(13)12-4-5-12/h6-7,12-13H,4-5,8H2,1-3H3,(H2,16,17). The molecule has 1 fully saturated rings. The molecule has 2 N–H and O–H groups in total. The van der Waals surface area contributed by atoms with Crippen molar-refractivity contribution >= 4 is 5.96 Å². The topological polar surface area (TPSA) is 41.6 Å². The Kier molecular flexibility index (Phi) is 2.58. The zero-order valence-corrected chi connectivity index (χ0v) is 11.4. The summed E-state index contributed by atoms with van der Waals surface area (Å²) in [5, 5.41) is 0. The minimum absolute atomic E-state index is 0.359. The van der Waals surface area contributed by atoms with Gasteiger partial charge in [0.15, 0.2) is 5.96 Å². The van der Waals surface area contributed by atoms with Crippen LogP contribution in [0.4, 0.5) is 0 Å². The first-order valence-corrected chi connectivity index (χ1v) is 6.74. The second-order valence-corrected chi connectivity index (χ2v) is 5.67. The van der Waals surface area contributed by atoms with Crippen molar-refractivity contribution in [2.24, 2.45) is 10.7 Å². The number of aliphatic imine (C=N–C) groups is 1. The van der Waals surface area contributed by atoms with Crippen LogP contribution >= 0.6 is 0 Å². The van der Waals surface area contributed by atoms with Gasteiger partial charge in [-0.1, -0.05) is 17.7 Å². The second kappa shape index (κ2) is 4.01. The first-order valence-electron chi connectivity index (χ1n) is 6.74. The SMILES string of the molecule is Cc1cc(C)c(C2CN=C(N)N2C2CC2)c(C)c1. The fourth-order valence-electron chi connectivity index (χ4n) is 3.25. The number of benzene rings is 1. The van der Waals surface area contributed by atoms with Gasteiger partial charge in [-0.15, -0.1) is 0 Å². The Labute approximate surface area is 109 Å². The highest BCUT2D eigenvalue weighted by Gasteiger charge is 2.39. The number of hydrogen-bond acceptors (Lipinski definition) is 3. The van der Waals surface area contributed by atoms with Gasteiger partial charge in [-0.3, -0.25) is 4.99 Å². The molecule has 1 aliphatic heterocycles. The average Bonchev–Trinajstić information content (AvgIpc) is 3.03. The van der Waals surface area contributed by atoms with Crippen molar-refractivity contribution in [2.45, 2.75) is 45.7 Å². The van der Waals surface area contributed by atoms with E-state index in [1.165, 1.54) is 35.1 Å². The van der Waals surface area contributed by atoms with Gasteiger partial charge in [0.25, 0.3) is 0 Å². The molecule has 1 saturated carbocycles. The van der Waals surface area contributed by atoms with Gasteiger partial charge in [-0.2, -0.15) is 0 Å². The molecule has 18 heavy (non-hydrogen) atoms. The number of nitrogens with zero attached hydrogens (tertiary/aromatic N) is 2. The van der Waals surface area contributed by atoms with Gasteiger partial charge in [-0.25, -0.2) is 0 Å². The van der Waals surface area contributed by atoms with Crippen molar-refractivity contribution in [2.75, 3.05) is 6.54 Å². The molecule has 1 heterocycles. The van der Waals surface area contributed by atoms with E-state index in [0.29, 0.717) is 12.1 Å². The maximum absolute atomic E-state index is 6.05. The van der Waals surface area contributed by atoms with Crippen molar-refractivity contribution in [1.29, 1.82) is 0 Å². The van der Waals surface area contributed by atoms with E-state index in [4.69, 9.17) is 5.73 Å². The molecule has 2 aliphatic rings. The van der Waals surface area contributed by atoms with Gasteiger partial charge in [0.2, 0.25) is 0 Å². The maximum atomic E-state index is 6.05. The van der Waals surface area contributed by atoms with E-state index < -0.39 is 0 Å². The lowest BCUT2D eigenvalue weighted by atomic mass is 9.93. The number of rotatable bonds is 2. The summed E-state index contributed by atoms with van der Waals surface area (Å²) in [6, 6.07) is 5.52. The third kappa shape index (κ3) is 1.78. The highest BCUT2D eigenvalue weighted by Crippen LogP contribution is 2.39. The smallest absolute Gasteiger partial charge is 0.192 e. The minimum Gasteiger partial charge on any atom is -0.370 e. The number of nitrogens with two attached hydrogens (primary N) is 1. The molecule has 96 valence electrons. The van der Waals surface area contributed by atoms with Crippen molar-refractivity contribution in [3.8, 4) is 0 Å². The first kappa shape index (κ1) is 11.6. The molecule has 3 nitrogen and oxygen atoms in total. The van der Waals surface area contributed by atoms with E-state index in [1.54, 1.807) is 0 Å². The summed E-state index contributed by atoms with van der Waals surface area (Å²) >= 11 is 0. The fourth-order valence-corrected chi connectivity index (χ4v) is 3.25. The Morgan fingerprint density at radius 2 is 1.78 bits per heavy atom. The molecule has 0 bridgehead atoms. The van der Waals surface area contributed by atoms with Crippen LogP contribution in [0.2, 0.25) is 0 Å². The number of hydrogen-bond donors (Lipinski definition) is 1. The van der Waals surface area contributed by atoms with E-state index in [0.717, 1.165) is 12.5 Å².